The van der Waals surface area contributed by atoms with Gasteiger partial charge in [-0.25, -0.2) is 4.79 Å². The summed E-state index contributed by atoms with van der Waals surface area (Å²) in [4.78, 5) is 39.2. The molecule has 2 aliphatic rings. The van der Waals surface area contributed by atoms with Crippen LogP contribution >= 0.6 is 0 Å². The minimum absolute atomic E-state index is 0.111. The molecule has 0 aromatic rings. The molecule has 2 amide bonds. The van der Waals surface area contributed by atoms with Crippen LogP contribution in [-0.4, -0.2) is 41.2 Å². The Labute approximate surface area is 143 Å². The highest BCUT2D eigenvalue weighted by Gasteiger charge is 2.50. The maximum absolute atomic E-state index is 11.7. The zero-order valence-corrected chi connectivity index (χ0v) is 14.9. The lowest BCUT2D eigenvalue weighted by molar-refractivity contribution is -0.197. The fraction of sp³-hybridized carbons (Fsp3) is 0.812. The number of amides is 2. The molecule has 2 aliphatic heterocycles. The number of imide groups is 1. The molecule has 0 radical (unpaired) electrons. The van der Waals surface area contributed by atoms with Gasteiger partial charge in [-0.05, 0) is 40.4 Å². The first kappa shape index (κ1) is 18.9. The van der Waals surface area contributed by atoms with Gasteiger partial charge in [0.2, 0.25) is 0 Å². The van der Waals surface area contributed by atoms with Crippen LogP contribution in [0.5, 0.6) is 0 Å². The number of hydrogen-bond acceptors (Lipinski definition) is 6. The van der Waals surface area contributed by atoms with E-state index in [1.807, 2.05) is 27.7 Å². The largest absolute Gasteiger partial charge is 0.457 e. The molecule has 0 atom stereocenters. The number of unbranched alkanes of at least 4 members (excludes halogenated alkanes) is 2. The molecule has 0 unspecified atom stereocenters. The molecule has 2 saturated heterocycles. The van der Waals surface area contributed by atoms with E-state index in [0.29, 0.717) is 11.5 Å². The van der Waals surface area contributed by atoms with Gasteiger partial charge in [-0.3, -0.25) is 9.59 Å². The van der Waals surface area contributed by atoms with Gasteiger partial charge in [0.1, 0.15) is 0 Å². The molecule has 134 valence electrons. The van der Waals surface area contributed by atoms with Crippen LogP contribution in [0, 0.1) is 0 Å². The normalized spacial score (nSPS) is 22.3. The number of hydroxylamine groups is 2. The van der Waals surface area contributed by atoms with E-state index in [9.17, 15) is 14.4 Å². The van der Waals surface area contributed by atoms with E-state index in [1.165, 1.54) is 0 Å². The summed E-state index contributed by atoms with van der Waals surface area (Å²) in [5.74, 6) is -1.45. The van der Waals surface area contributed by atoms with Gasteiger partial charge in [0.25, 0.3) is 11.8 Å². The van der Waals surface area contributed by atoms with Crippen LogP contribution in [0.1, 0.15) is 66.2 Å². The molecule has 2 fully saturated rings. The first-order valence-corrected chi connectivity index (χ1v) is 8.54. The van der Waals surface area contributed by atoms with Gasteiger partial charge in [0.05, 0.1) is 11.2 Å². The molecule has 0 aromatic heterocycles. The van der Waals surface area contributed by atoms with E-state index in [2.05, 4.69) is 0 Å². The lowest BCUT2D eigenvalue weighted by Crippen LogP contribution is -2.41. The van der Waals surface area contributed by atoms with Crippen molar-refractivity contribution in [2.75, 3.05) is 0 Å². The molecule has 2 rings (SSSR count). The number of carbonyl (C=O) groups is 3. The fourth-order valence-corrected chi connectivity index (χ4v) is 2.65. The highest BCUT2D eigenvalue weighted by atomic mass is 16.7. The van der Waals surface area contributed by atoms with E-state index in [0.717, 1.165) is 19.2 Å². The quantitative estimate of drug-likeness (QED) is 0.402. The number of hydrogen-bond donors (Lipinski definition) is 0. The standard InChI is InChI=1S/C16H26BNO6/c1-15(2)16(3,4)24-17(23-15)11-7-5-6-8-14(21)22-18-12(19)9-10-13(18)20/h5-11H2,1-4H3. The van der Waals surface area contributed by atoms with Gasteiger partial charge >= 0.3 is 13.1 Å². The second-order valence-corrected chi connectivity index (χ2v) is 7.33. The summed E-state index contributed by atoms with van der Waals surface area (Å²) in [6, 6.07) is 0. The molecular formula is C16H26BNO6. The van der Waals surface area contributed by atoms with Crippen LogP contribution in [0.2, 0.25) is 6.32 Å². The number of carbonyl (C=O) groups excluding carboxylic acids is 3. The van der Waals surface area contributed by atoms with E-state index >= 15 is 0 Å². The Kier molecular flexibility index (Phi) is 5.70. The van der Waals surface area contributed by atoms with Gasteiger partial charge in [-0.2, -0.15) is 0 Å². The smallest absolute Gasteiger partial charge is 0.403 e. The molecule has 0 N–H and O–H groups in total. The molecule has 2 heterocycles. The van der Waals surface area contributed by atoms with Crippen molar-refractivity contribution in [3.8, 4) is 0 Å². The molecule has 8 heteroatoms. The van der Waals surface area contributed by atoms with Gasteiger partial charge in [-0.1, -0.05) is 12.8 Å². The van der Waals surface area contributed by atoms with E-state index < -0.39 is 17.8 Å². The number of rotatable bonds is 7. The second-order valence-electron chi connectivity index (χ2n) is 7.33. The molecular weight excluding hydrogens is 313 g/mol. The first-order chi connectivity index (χ1) is 11.1. The Balaban J connectivity index is 1.60. The predicted octanol–water partition coefficient (Wildman–Crippen LogP) is 2.25. The van der Waals surface area contributed by atoms with Crippen LogP contribution in [0.15, 0.2) is 0 Å². The molecule has 0 aliphatic carbocycles. The van der Waals surface area contributed by atoms with Crippen LogP contribution in [0.25, 0.3) is 0 Å². The molecule has 7 nitrogen and oxygen atoms in total. The van der Waals surface area contributed by atoms with Crippen LogP contribution in [0.4, 0.5) is 0 Å². The van der Waals surface area contributed by atoms with Crippen molar-refractivity contribution in [1.82, 2.24) is 5.06 Å². The highest BCUT2D eigenvalue weighted by Crippen LogP contribution is 2.38. The maximum Gasteiger partial charge on any atom is 0.457 e. The Morgan fingerprint density at radius 2 is 1.58 bits per heavy atom. The van der Waals surface area contributed by atoms with E-state index in [-0.39, 0.29) is 37.6 Å². The minimum Gasteiger partial charge on any atom is -0.403 e. The van der Waals surface area contributed by atoms with Crippen LogP contribution in [0.3, 0.4) is 0 Å². The zero-order valence-electron chi connectivity index (χ0n) is 14.9. The molecule has 0 aromatic carbocycles. The third-order valence-corrected chi connectivity index (χ3v) is 4.82. The van der Waals surface area contributed by atoms with Crippen LogP contribution in [-0.2, 0) is 28.5 Å². The third-order valence-electron chi connectivity index (χ3n) is 4.82. The lowest BCUT2D eigenvalue weighted by atomic mass is 9.82. The second kappa shape index (κ2) is 7.23. The first-order valence-electron chi connectivity index (χ1n) is 8.54. The van der Waals surface area contributed by atoms with Crippen molar-refractivity contribution in [3.05, 3.63) is 0 Å². The predicted molar refractivity (Wildman–Crippen MR) is 86.5 cm³/mol. The Hall–Kier alpha value is -1.41. The third kappa shape index (κ3) is 4.36. The van der Waals surface area contributed by atoms with Crippen molar-refractivity contribution in [2.45, 2.75) is 83.7 Å². The van der Waals surface area contributed by atoms with Crippen LogP contribution < -0.4 is 0 Å². The molecule has 24 heavy (non-hydrogen) atoms. The van der Waals surface area contributed by atoms with Crippen molar-refractivity contribution in [2.24, 2.45) is 0 Å². The molecule has 0 spiro atoms. The van der Waals surface area contributed by atoms with Crippen molar-refractivity contribution >= 4 is 24.9 Å². The van der Waals surface area contributed by atoms with Crippen molar-refractivity contribution < 1.29 is 28.5 Å². The Morgan fingerprint density at radius 1 is 1.04 bits per heavy atom. The summed E-state index contributed by atoms with van der Waals surface area (Å²) in [5, 5.41) is 0.590. The summed E-state index contributed by atoms with van der Waals surface area (Å²) in [6.07, 6.45) is 3.49. The monoisotopic (exact) mass is 339 g/mol. The topological polar surface area (TPSA) is 82.1 Å². The van der Waals surface area contributed by atoms with E-state index in [4.69, 9.17) is 14.1 Å². The minimum atomic E-state index is -0.547. The average molecular weight is 339 g/mol. The van der Waals surface area contributed by atoms with Gasteiger partial charge in [-0.15, -0.1) is 5.06 Å². The van der Waals surface area contributed by atoms with Crippen molar-refractivity contribution in [1.29, 1.82) is 0 Å². The summed E-state index contributed by atoms with van der Waals surface area (Å²) < 4.78 is 11.8. The summed E-state index contributed by atoms with van der Waals surface area (Å²) >= 11 is 0. The van der Waals surface area contributed by atoms with Gasteiger partial charge in [0, 0.05) is 19.3 Å². The fourth-order valence-electron chi connectivity index (χ4n) is 2.65. The Bertz CT molecular complexity index is 487. The molecule has 0 bridgehead atoms. The Morgan fingerprint density at radius 3 is 2.12 bits per heavy atom. The highest BCUT2D eigenvalue weighted by molar-refractivity contribution is 6.45. The van der Waals surface area contributed by atoms with E-state index in [1.54, 1.807) is 0 Å². The van der Waals surface area contributed by atoms with Gasteiger partial charge in [0.15, 0.2) is 0 Å². The summed E-state index contributed by atoms with van der Waals surface area (Å²) in [7, 11) is -0.221. The van der Waals surface area contributed by atoms with Crippen molar-refractivity contribution in [3.63, 3.8) is 0 Å². The summed E-state index contributed by atoms with van der Waals surface area (Å²) in [5.41, 5.74) is -0.646. The molecule has 0 saturated carbocycles. The van der Waals surface area contributed by atoms with Gasteiger partial charge < -0.3 is 14.1 Å². The zero-order chi connectivity index (χ0) is 18.0. The average Bonchev–Trinajstić information content (AvgIpc) is 2.88. The SMILES string of the molecule is CC1(C)OB(CCCCCC(=O)ON2C(=O)CCC2=O)OC1(C)C. The maximum atomic E-state index is 11.7. The summed E-state index contributed by atoms with van der Waals surface area (Å²) in [6.45, 7) is 8.07. The number of nitrogens with zero attached hydrogens (tertiary/aromatic N) is 1. The lowest BCUT2D eigenvalue weighted by Gasteiger charge is -2.32.